The summed E-state index contributed by atoms with van der Waals surface area (Å²) in [6.45, 7) is 6.30. The third-order valence-corrected chi connectivity index (χ3v) is 4.54. The van der Waals surface area contributed by atoms with Crippen molar-refractivity contribution >= 4 is 11.4 Å². The molecule has 3 nitrogen and oxygen atoms in total. The number of benzene rings is 2. The van der Waals surface area contributed by atoms with Crippen LogP contribution in [0, 0.1) is 0 Å². The Balaban J connectivity index is 1.57. The lowest BCUT2D eigenvalue weighted by Gasteiger charge is -2.31. The van der Waals surface area contributed by atoms with Gasteiger partial charge in [-0.2, -0.15) is 0 Å². The quantitative estimate of drug-likeness (QED) is 0.798. The molecule has 1 aliphatic heterocycles. The molecular formula is C21H28N2O. The van der Waals surface area contributed by atoms with E-state index in [0.717, 1.165) is 30.8 Å². The highest BCUT2D eigenvalue weighted by molar-refractivity contribution is 5.56. The second-order valence-corrected chi connectivity index (χ2v) is 6.86. The van der Waals surface area contributed by atoms with Crippen molar-refractivity contribution < 1.29 is 4.74 Å². The number of hydrogen-bond acceptors (Lipinski definition) is 3. The molecule has 2 aromatic rings. The highest BCUT2D eigenvalue weighted by Gasteiger charge is 2.15. The highest BCUT2D eigenvalue weighted by atomic mass is 16.5. The van der Waals surface area contributed by atoms with Crippen molar-refractivity contribution in [1.82, 2.24) is 0 Å². The summed E-state index contributed by atoms with van der Waals surface area (Å²) in [5.41, 5.74) is 11.0. The fraction of sp³-hybridized carbons (Fsp3) is 0.429. The number of nitrogens with zero attached hydrogens (tertiary/aromatic N) is 1. The zero-order chi connectivity index (χ0) is 16.9. The highest BCUT2D eigenvalue weighted by Crippen LogP contribution is 2.27. The Hall–Kier alpha value is -2.16. The molecule has 0 fully saturated rings. The van der Waals surface area contributed by atoms with Crippen LogP contribution in [-0.2, 0) is 12.8 Å². The predicted octanol–water partition coefficient (Wildman–Crippen LogP) is 4.44. The van der Waals surface area contributed by atoms with Crippen LogP contribution in [0.3, 0.4) is 0 Å². The van der Waals surface area contributed by atoms with Crippen LogP contribution < -0.4 is 15.4 Å². The summed E-state index contributed by atoms with van der Waals surface area (Å²) in [7, 11) is 0. The fourth-order valence-corrected chi connectivity index (χ4v) is 3.43. The molecule has 0 saturated heterocycles. The monoisotopic (exact) mass is 324 g/mol. The van der Waals surface area contributed by atoms with Crippen molar-refractivity contribution in [3.63, 3.8) is 0 Å². The Kier molecular flexibility index (Phi) is 5.29. The van der Waals surface area contributed by atoms with Crippen LogP contribution in [0.1, 0.15) is 37.8 Å². The molecule has 2 N–H and O–H groups in total. The Morgan fingerprint density at radius 2 is 2.00 bits per heavy atom. The molecule has 0 bridgehead atoms. The van der Waals surface area contributed by atoms with Gasteiger partial charge in [0, 0.05) is 18.8 Å². The molecule has 0 spiro atoms. The van der Waals surface area contributed by atoms with Gasteiger partial charge in [-0.25, -0.2) is 0 Å². The first-order valence-corrected chi connectivity index (χ1v) is 9.01. The lowest BCUT2D eigenvalue weighted by Crippen LogP contribution is -2.30. The van der Waals surface area contributed by atoms with Gasteiger partial charge in [0.05, 0.1) is 11.8 Å². The molecule has 1 aliphatic rings. The van der Waals surface area contributed by atoms with Crippen LogP contribution in [-0.4, -0.2) is 19.2 Å². The Morgan fingerprint density at radius 1 is 1.17 bits per heavy atom. The third-order valence-electron chi connectivity index (χ3n) is 4.54. The molecule has 1 heterocycles. The van der Waals surface area contributed by atoms with E-state index in [1.165, 1.54) is 36.2 Å². The molecule has 0 aliphatic carbocycles. The minimum atomic E-state index is 0.150. The predicted molar refractivity (Wildman–Crippen MR) is 102 cm³/mol. The van der Waals surface area contributed by atoms with Crippen LogP contribution in [0.2, 0.25) is 0 Å². The summed E-state index contributed by atoms with van der Waals surface area (Å²) in [5.74, 6) is 0.790. The summed E-state index contributed by atoms with van der Waals surface area (Å²) in [6, 6.07) is 15.0. The van der Waals surface area contributed by atoms with Crippen molar-refractivity contribution in [2.24, 2.45) is 0 Å². The molecule has 128 valence electrons. The van der Waals surface area contributed by atoms with Crippen molar-refractivity contribution in [1.29, 1.82) is 0 Å². The Labute approximate surface area is 145 Å². The fourth-order valence-electron chi connectivity index (χ4n) is 3.43. The van der Waals surface area contributed by atoms with Crippen molar-refractivity contribution in [3.05, 3.63) is 53.6 Å². The number of rotatable bonds is 6. The lowest BCUT2D eigenvalue weighted by atomic mass is 10.0. The molecule has 0 aromatic heterocycles. The summed E-state index contributed by atoms with van der Waals surface area (Å²) in [5, 5.41) is 0. The van der Waals surface area contributed by atoms with Gasteiger partial charge in [-0.1, -0.05) is 24.3 Å². The van der Waals surface area contributed by atoms with E-state index in [9.17, 15) is 0 Å². The maximum absolute atomic E-state index is 6.11. The summed E-state index contributed by atoms with van der Waals surface area (Å²) in [6.07, 6.45) is 4.80. The first-order valence-electron chi connectivity index (χ1n) is 9.01. The molecule has 2 aromatic carbocycles. The van der Waals surface area contributed by atoms with Crippen molar-refractivity contribution in [3.8, 4) is 5.75 Å². The minimum Gasteiger partial charge on any atom is -0.489 e. The molecule has 0 amide bonds. The van der Waals surface area contributed by atoms with Gasteiger partial charge in [0.25, 0.3) is 0 Å². The second kappa shape index (κ2) is 7.61. The number of nitrogen functional groups attached to an aromatic ring is 1. The number of nitrogens with two attached hydrogens (primary N) is 1. The van der Waals surface area contributed by atoms with Gasteiger partial charge in [0.1, 0.15) is 5.75 Å². The molecule has 0 unspecified atom stereocenters. The first kappa shape index (κ1) is 16.7. The number of aryl methyl sites for hydroxylation is 2. The average molecular weight is 324 g/mol. The summed E-state index contributed by atoms with van der Waals surface area (Å²) < 4.78 is 5.71. The van der Waals surface area contributed by atoms with E-state index in [0.29, 0.717) is 0 Å². The van der Waals surface area contributed by atoms with Crippen molar-refractivity contribution in [2.45, 2.75) is 45.6 Å². The van der Waals surface area contributed by atoms with Gasteiger partial charge in [0.15, 0.2) is 0 Å². The van der Waals surface area contributed by atoms with E-state index in [4.69, 9.17) is 10.5 Å². The molecule has 0 saturated carbocycles. The van der Waals surface area contributed by atoms with Crippen LogP contribution in [0.25, 0.3) is 0 Å². The standard InChI is InChI=1S/C21H28N2O/c1-16(2)24-21-12-11-17(15-19(21)22)7-5-13-23-14-6-9-18-8-3-4-10-20(18)23/h3-4,8,10-12,15-16H,5-7,9,13-14,22H2,1-2H3. The van der Waals surface area contributed by atoms with Crippen LogP contribution in [0.5, 0.6) is 5.75 Å². The minimum absolute atomic E-state index is 0.150. The Morgan fingerprint density at radius 3 is 2.79 bits per heavy atom. The van der Waals surface area contributed by atoms with Gasteiger partial charge in [-0.05, 0) is 68.9 Å². The number of fused-ring (bicyclic) bond motifs is 1. The van der Waals surface area contributed by atoms with E-state index in [-0.39, 0.29) is 6.10 Å². The van der Waals surface area contributed by atoms with Crippen molar-refractivity contribution in [2.75, 3.05) is 23.7 Å². The molecule has 0 radical (unpaired) electrons. The summed E-state index contributed by atoms with van der Waals surface area (Å²) >= 11 is 0. The van der Waals surface area contributed by atoms with E-state index in [1.807, 2.05) is 19.9 Å². The third kappa shape index (κ3) is 4.02. The molecular weight excluding hydrogens is 296 g/mol. The second-order valence-electron chi connectivity index (χ2n) is 6.86. The summed E-state index contributed by atoms with van der Waals surface area (Å²) in [4.78, 5) is 2.53. The van der Waals surface area contributed by atoms with Crippen LogP contribution in [0.15, 0.2) is 42.5 Å². The zero-order valence-electron chi connectivity index (χ0n) is 14.8. The van der Waals surface area contributed by atoms with E-state index >= 15 is 0 Å². The normalized spacial score (nSPS) is 13.9. The average Bonchev–Trinajstić information content (AvgIpc) is 2.57. The van der Waals surface area contributed by atoms with Gasteiger partial charge in [-0.3, -0.25) is 0 Å². The number of hydrogen-bond donors (Lipinski definition) is 1. The number of anilines is 2. The first-order chi connectivity index (χ1) is 11.6. The largest absolute Gasteiger partial charge is 0.489 e. The van der Waals surface area contributed by atoms with Gasteiger partial charge >= 0.3 is 0 Å². The SMILES string of the molecule is CC(C)Oc1ccc(CCCN2CCCc3ccccc32)cc1N. The number of ether oxygens (including phenoxy) is 1. The van der Waals surface area contributed by atoms with Crippen LogP contribution >= 0.6 is 0 Å². The zero-order valence-corrected chi connectivity index (χ0v) is 14.8. The molecule has 3 rings (SSSR count). The van der Waals surface area contributed by atoms with Gasteiger partial charge in [0.2, 0.25) is 0 Å². The van der Waals surface area contributed by atoms with E-state index in [2.05, 4.69) is 41.3 Å². The van der Waals surface area contributed by atoms with E-state index < -0.39 is 0 Å². The number of para-hydroxylation sites is 1. The van der Waals surface area contributed by atoms with E-state index in [1.54, 1.807) is 0 Å². The van der Waals surface area contributed by atoms with Gasteiger partial charge < -0.3 is 15.4 Å². The maximum atomic E-state index is 6.11. The topological polar surface area (TPSA) is 38.5 Å². The molecule has 0 atom stereocenters. The Bertz CT molecular complexity index is 681. The van der Waals surface area contributed by atoms with Gasteiger partial charge in [-0.15, -0.1) is 0 Å². The molecule has 3 heteroatoms. The lowest BCUT2D eigenvalue weighted by molar-refractivity contribution is 0.244. The smallest absolute Gasteiger partial charge is 0.142 e. The van der Waals surface area contributed by atoms with Crippen LogP contribution in [0.4, 0.5) is 11.4 Å². The maximum Gasteiger partial charge on any atom is 0.142 e. The molecule has 24 heavy (non-hydrogen) atoms.